The molecule has 1 amide bonds. The first-order valence-electron chi connectivity index (χ1n) is 11.9. The summed E-state index contributed by atoms with van der Waals surface area (Å²) >= 11 is 0. The van der Waals surface area contributed by atoms with Gasteiger partial charge in [0.25, 0.3) is 0 Å². The maximum absolute atomic E-state index is 13.7. The van der Waals surface area contributed by atoms with Gasteiger partial charge in [-0.2, -0.15) is 0 Å². The summed E-state index contributed by atoms with van der Waals surface area (Å²) in [5.74, 6) is -1.69. The zero-order valence-corrected chi connectivity index (χ0v) is 20.8. The molecule has 186 valence electrons. The number of carbonyl (C=O) groups is 1. The molecule has 2 aromatic rings. The summed E-state index contributed by atoms with van der Waals surface area (Å²) < 4.78 is 27.3. The van der Waals surface area contributed by atoms with Crippen LogP contribution in [0, 0.1) is 17.0 Å². The van der Waals surface area contributed by atoms with Crippen molar-refractivity contribution in [3.8, 4) is 0 Å². The molecule has 5 nitrogen and oxygen atoms in total. The third-order valence-electron chi connectivity index (χ3n) is 6.29. The Hall–Kier alpha value is -2.51. The fraction of sp³-hybridized carbons (Fsp3) is 0.519. The zero-order chi connectivity index (χ0) is 25.1. The molecule has 3 atom stereocenters. The lowest BCUT2D eigenvalue weighted by Gasteiger charge is -2.39. The lowest BCUT2D eigenvalue weighted by Crippen LogP contribution is -2.53. The molecule has 0 fully saturated rings. The fourth-order valence-corrected chi connectivity index (χ4v) is 4.69. The second-order valence-corrected chi connectivity index (χ2v) is 10.9. The number of nitrogens with one attached hydrogen (secondary N) is 3. The van der Waals surface area contributed by atoms with Gasteiger partial charge in [-0.25, -0.2) is 8.78 Å². The minimum absolute atomic E-state index is 0.113. The molecule has 7 heteroatoms. The summed E-state index contributed by atoms with van der Waals surface area (Å²) in [6.07, 6.45) is 0.935. The molecule has 2 aromatic carbocycles. The van der Waals surface area contributed by atoms with Gasteiger partial charge < -0.3 is 21.1 Å². The third-order valence-corrected chi connectivity index (χ3v) is 6.29. The molecular weight excluding hydrogens is 436 g/mol. The van der Waals surface area contributed by atoms with Crippen LogP contribution in [0.5, 0.6) is 0 Å². The van der Waals surface area contributed by atoms with Gasteiger partial charge in [0.1, 0.15) is 11.6 Å². The molecule has 34 heavy (non-hydrogen) atoms. The lowest BCUT2D eigenvalue weighted by molar-refractivity contribution is -0.120. The van der Waals surface area contributed by atoms with Crippen LogP contribution in [0.15, 0.2) is 36.4 Å². The van der Waals surface area contributed by atoms with Gasteiger partial charge in [-0.15, -0.1) is 0 Å². The Morgan fingerprint density at radius 2 is 1.82 bits per heavy atom. The van der Waals surface area contributed by atoms with E-state index in [1.54, 1.807) is 0 Å². The predicted molar refractivity (Wildman–Crippen MR) is 132 cm³/mol. The summed E-state index contributed by atoms with van der Waals surface area (Å²) in [6.45, 7) is 11.1. The Morgan fingerprint density at radius 3 is 2.44 bits per heavy atom. The maximum Gasteiger partial charge on any atom is 0.217 e. The molecule has 1 aliphatic heterocycles. The first-order valence-corrected chi connectivity index (χ1v) is 11.9. The molecular formula is C27H37F2N3O2. The standard InChI is InChI=1S/C27H37F2N3O2/c1-17(33)32-24(13-19-10-20(28)14-21(29)11-19)25(34)16-31-27(5)8-9-30-23-7-6-18(12-22(23)27)15-26(2,3)4/h6-7,10-12,14,24-25,30-31,34H,8-9,13,15-16H2,1-5H3,(H,32,33)/t24-,25-,27?/m0/s1. The van der Waals surface area contributed by atoms with E-state index in [-0.39, 0.29) is 29.8 Å². The maximum atomic E-state index is 13.7. The lowest BCUT2D eigenvalue weighted by atomic mass is 9.81. The van der Waals surface area contributed by atoms with Gasteiger partial charge in [0, 0.05) is 37.3 Å². The average molecular weight is 474 g/mol. The molecule has 1 unspecified atom stereocenters. The molecule has 0 bridgehead atoms. The van der Waals surface area contributed by atoms with E-state index in [4.69, 9.17) is 0 Å². The number of hydrogen-bond acceptors (Lipinski definition) is 4. The van der Waals surface area contributed by atoms with Crippen LogP contribution in [0.1, 0.15) is 57.7 Å². The van der Waals surface area contributed by atoms with E-state index >= 15 is 0 Å². The molecule has 0 radical (unpaired) electrons. The number of halogens is 2. The fourth-order valence-electron chi connectivity index (χ4n) is 4.69. The SMILES string of the molecule is CC(=O)N[C@@H](Cc1cc(F)cc(F)c1)[C@@H](O)CNC1(C)CCNc2ccc(CC(C)(C)C)cc21. The Bertz CT molecular complexity index is 1000. The quantitative estimate of drug-likeness (QED) is 0.462. The van der Waals surface area contributed by atoms with E-state index in [0.717, 1.165) is 36.7 Å². The Kier molecular flexibility index (Phi) is 7.98. The smallest absolute Gasteiger partial charge is 0.217 e. The van der Waals surface area contributed by atoms with Crippen LogP contribution in [0.25, 0.3) is 0 Å². The first kappa shape index (κ1) is 26.1. The third kappa shape index (κ3) is 7.00. The minimum atomic E-state index is -0.955. The highest BCUT2D eigenvalue weighted by Crippen LogP contribution is 2.36. The van der Waals surface area contributed by atoms with E-state index in [1.807, 2.05) is 0 Å². The van der Waals surface area contributed by atoms with Crippen LogP contribution in [-0.2, 0) is 23.2 Å². The van der Waals surface area contributed by atoms with Gasteiger partial charge in [-0.05, 0) is 66.5 Å². The van der Waals surface area contributed by atoms with Crippen molar-refractivity contribution in [1.29, 1.82) is 0 Å². The number of hydrogen-bond donors (Lipinski definition) is 4. The van der Waals surface area contributed by atoms with Gasteiger partial charge in [-0.3, -0.25) is 4.79 Å². The van der Waals surface area contributed by atoms with Crippen LogP contribution < -0.4 is 16.0 Å². The van der Waals surface area contributed by atoms with E-state index in [1.165, 1.54) is 24.6 Å². The van der Waals surface area contributed by atoms with Crippen molar-refractivity contribution in [2.45, 2.75) is 71.6 Å². The van der Waals surface area contributed by atoms with Crippen LogP contribution in [0.4, 0.5) is 14.5 Å². The number of aliphatic hydroxyl groups excluding tert-OH is 1. The van der Waals surface area contributed by atoms with Crippen LogP contribution >= 0.6 is 0 Å². The molecule has 0 saturated heterocycles. The van der Waals surface area contributed by atoms with Gasteiger partial charge in [0.15, 0.2) is 0 Å². The molecule has 0 aliphatic carbocycles. The highest BCUT2D eigenvalue weighted by atomic mass is 19.1. The van der Waals surface area contributed by atoms with Gasteiger partial charge in [-0.1, -0.05) is 32.9 Å². The highest BCUT2D eigenvalue weighted by Gasteiger charge is 2.33. The Balaban J connectivity index is 1.76. The summed E-state index contributed by atoms with van der Waals surface area (Å²) in [6, 6.07) is 9.06. The summed E-state index contributed by atoms with van der Waals surface area (Å²) in [5.41, 5.74) is 3.64. The van der Waals surface area contributed by atoms with Crippen molar-refractivity contribution >= 4 is 11.6 Å². The zero-order valence-electron chi connectivity index (χ0n) is 20.8. The minimum Gasteiger partial charge on any atom is -0.390 e. The molecule has 1 aliphatic rings. The van der Waals surface area contributed by atoms with Gasteiger partial charge in [0.2, 0.25) is 5.91 Å². The monoisotopic (exact) mass is 473 g/mol. The van der Waals surface area contributed by atoms with Crippen molar-refractivity contribution in [2.75, 3.05) is 18.4 Å². The summed E-state index contributed by atoms with van der Waals surface area (Å²) in [4.78, 5) is 11.8. The van der Waals surface area contributed by atoms with Crippen LogP contribution in [-0.4, -0.2) is 36.2 Å². The van der Waals surface area contributed by atoms with Crippen molar-refractivity contribution in [1.82, 2.24) is 10.6 Å². The van der Waals surface area contributed by atoms with E-state index < -0.39 is 23.8 Å². The highest BCUT2D eigenvalue weighted by molar-refractivity contribution is 5.73. The summed E-state index contributed by atoms with van der Waals surface area (Å²) in [7, 11) is 0. The molecule has 4 N–H and O–H groups in total. The number of rotatable bonds is 8. The second kappa shape index (κ2) is 10.4. The molecule has 0 spiro atoms. The van der Waals surface area contributed by atoms with Gasteiger partial charge >= 0.3 is 0 Å². The molecule has 3 rings (SSSR count). The van der Waals surface area contributed by atoms with Gasteiger partial charge in [0.05, 0.1) is 12.1 Å². The number of fused-ring (bicyclic) bond motifs is 1. The predicted octanol–water partition coefficient (Wildman–Crippen LogP) is 4.28. The number of anilines is 1. The largest absolute Gasteiger partial charge is 0.390 e. The van der Waals surface area contributed by atoms with Crippen molar-refractivity contribution < 1.29 is 18.7 Å². The first-order chi connectivity index (χ1) is 15.8. The molecule has 0 aromatic heterocycles. The van der Waals surface area contributed by atoms with E-state index in [0.29, 0.717) is 5.56 Å². The summed E-state index contributed by atoms with van der Waals surface area (Å²) in [5, 5.41) is 20.7. The van der Waals surface area contributed by atoms with Crippen molar-refractivity contribution in [3.63, 3.8) is 0 Å². The second-order valence-electron chi connectivity index (χ2n) is 10.9. The van der Waals surface area contributed by atoms with Crippen molar-refractivity contribution in [2.24, 2.45) is 5.41 Å². The Labute approximate surface area is 201 Å². The number of aliphatic hydroxyl groups is 1. The van der Waals surface area contributed by atoms with E-state index in [9.17, 15) is 18.7 Å². The van der Waals surface area contributed by atoms with Crippen LogP contribution in [0.2, 0.25) is 0 Å². The van der Waals surface area contributed by atoms with E-state index in [2.05, 4.69) is 61.8 Å². The average Bonchev–Trinajstić information content (AvgIpc) is 2.70. The number of carbonyl (C=O) groups excluding carboxylic acids is 1. The van der Waals surface area contributed by atoms with Crippen molar-refractivity contribution in [3.05, 3.63) is 64.7 Å². The number of amides is 1. The molecule has 1 heterocycles. The van der Waals surface area contributed by atoms with Crippen LogP contribution in [0.3, 0.4) is 0 Å². The topological polar surface area (TPSA) is 73.4 Å². The number of benzene rings is 2. The molecule has 0 saturated carbocycles. The Morgan fingerprint density at radius 1 is 1.15 bits per heavy atom. The normalized spacial score (nSPS) is 19.6.